The number of piperidine rings is 1. The third-order valence-electron chi connectivity index (χ3n) is 4.29. The standard InChI is InChI=1S/C16H18F3N5O/c1-20-11-5-4-8-23(9-11)15(25)13-10-24(22-21-13)14-7-3-2-6-12(14)16(17,18)19/h2-3,6-7,10-11,20H,4-5,8-9H2,1H3. The lowest BCUT2D eigenvalue weighted by Crippen LogP contribution is -2.47. The molecule has 1 aromatic heterocycles. The molecule has 0 saturated carbocycles. The molecule has 0 radical (unpaired) electrons. The Balaban J connectivity index is 1.85. The number of halogens is 3. The molecule has 134 valence electrons. The molecule has 2 aromatic rings. The number of amides is 1. The first-order chi connectivity index (χ1) is 11.9. The molecule has 1 amide bonds. The molecular formula is C16H18F3N5O. The zero-order chi connectivity index (χ0) is 18.0. The van der Waals surface area contributed by atoms with E-state index in [0.29, 0.717) is 13.1 Å². The van der Waals surface area contributed by atoms with Gasteiger partial charge in [-0.3, -0.25) is 4.79 Å². The third-order valence-corrected chi connectivity index (χ3v) is 4.29. The molecule has 25 heavy (non-hydrogen) atoms. The summed E-state index contributed by atoms with van der Waals surface area (Å²) in [5.74, 6) is -0.323. The van der Waals surface area contributed by atoms with Crippen LogP contribution in [-0.4, -0.2) is 52.0 Å². The van der Waals surface area contributed by atoms with Gasteiger partial charge >= 0.3 is 6.18 Å². The fourth-order valence-electron chi connectivity index (χ4n) is 2.95. The number of carbonyl (C=O) groups is 1. The van der Waals surface area contributed by atoms with Crippen molar-refractivity contribution < 1.29 is 18.0 Å². The summed E-state index contributed by atoms with van der Waals surface area (Å²) in [5, 5.41) is 10.6. The number of carbonyl (C=O) groups excluding carboxylic acids is 1. The Bertz CT molecular complexity index is 758. The number of hydrogen-bond donors (Lipinski definition) is 1. The number of hydrogen-bond acceptors (Lipinski definition) is 4. The number of alkyl halides is 3. The van der Waals surface area contributed by atoms with Crippen LogP contribution in [-0.2, 0) is 6.18 Å². The van der Waals surface area contributed by atoms with E-state index in [9.17, 15) is 18.0 Å². The molecule has 1 aliphatic heterocycles. The van der Waals surface area contributed by atoms with E-state index in [4.69, 9.17) is 0 Å². The quantitative estimate of drug-likeness (QED) is 0.918. The Kier molecular flexibility index (Phi) is 4.76. The van der Waals surface area contributed by atoms with Crippen LogP contribution in [0.2, 0.25) is 0 Å². The molecule has 1 fully saturated rings. The van der Waals surface area contributed by atoms with E-state index in [-0.39, 0.29) is 23.3 Å². The Labute approximate surface area is 142 Å². The summed E-state index contributed by atoms with van der Waals surface area (Å²) in [7, 11) is 1.84. The molecule has 2 heterocycles. The van der Waals surface area contributed by atoms with Crippen molar-refractivity contribution in [3.8, 4) is 5.69 Å². The van der Waals surface area contributed by atoms with Crippen LogP contribution in [0.25, 0.3) is 5.69 Å². The lowest BCUT2D eigenvalue weighted by Gasteiger charge is -2.31. The molecule has 6 nitrogen and oxygen atoms in total. The van der Waals surface area contributed by atoms with Gasteiger partial charge in [0.1, 0.15) is 0 Å². The van der Waals surface area contributed by atoms with E-state index >= 15 is 0 Å². The summed E-state index contributed by atoms with van der Waals surface area (Å²) in [6.07, 6.45) is -1.43. The molecule has 1 unspecified atom stereocenters. The van der Waals surface area contributed by atoms with Crippen molar-refractivity contribution in [2.24, 2.45) is 0 Å². The molecular weight excluding hydrogens is 335 g/mol. The zero-order valence-electron chi connectivity index (χ0n) is 13.6. The average Bonchev–Trinajstić information content (AvgIpc) is 3.10. The van der Waals surface area contributed by atoms with Crippen LogP contribution in [0.1, 0.15) is 28.9 Å². The minimum absolute atomic E-state index is 0.0359. The SMILES string of the molecule is CNC1CCCN(C(=O)c2cn(-c3ccccc3C(F)(F)F)nn2)C1. The van der Waals surface area contributed by atoms with Crippen molar-refractivity contribution in [1.29, 1.82) is 0 Å². The van der Waals surface area contributed by atoms with Crippen molar-refractivity contribution in [3.05, 3.63) is 41.7 Å². The van der Waals surface area contributed by atoms with Crippen LogP contribution < -0.4 is 5.32 Å². The summed E-state index contributed by atoms with van der Waals surface area (Å²) < 4.78 is 40.4. The van der Waals surface area contributed by atoms with Gasteiger partial charge in [-0.1, -0.05) is 17.3 Å². The van der Waals surface area contributed by atoms with Gasteiger partial charge in [-0.05, 0) is 32.0 Å². The predicted molar refractivity (Wildman–Crippen MR) is 84.3 cm³/mol. The van der Waals surface area contributed by atoms with Gasteiger partial charge in [0.25, 0.3) is 5.91 Å². The normalized spacial score (nSPS) is 18.4. The monoisotopic (exact) mass is 353 g/mol. The Morgan fingerprint density at radius 3 is 2.80 bits per heavy atom. The summed E-state index contributed by atoms with van der Waals surface area (Å²) in [4.78, 5) is 14.2. The van der Waals surface area contributed by atoms with Crippen molar-refractivity contribution in [2.75, 3.05) is 20.1 Å². The highest BCUT2D eigenvalue weighted by Crippen LogP contribution is 2.33. The number of likely N-dealkylation sites (N-methyl/N-ethyl adjacent to an activating group) is 1. The second kappa shape index (κ2) is 6.83. The fourth-order valence-corrected chi connectivity index (χ4v) is 2.95. The van der Waals surface area contributed by atoms with Gasteiger partial charge in [0.15, 0.2) is 5.69 Å². The van der Waals surface area contributed by atoms with Crippen LogP contribution >= 0.6 is 0 Å². The maximum absolute atomic E-state index is 13.1. The second-order valence-electron chi connectivity index (χ2n) is 5.94. The lowest BCUT2D eigenvalue weighted by atomic mass is 10.1. The van der Waals surface area contributed by atoms with Crippen molar-refractivity contribution in [1.82, 2.24) is 25.2 Å². The van der Waals surface area contributed by atoms with Crippen molar-refractivity contribution in [2.45, 2.75) is 25.1 Å². The number of nitrogens with zero attached hydrogens (tertiary/aromatic N) is 4. The topological polar surface area (TPSA) is 63.1 Å². The first-order valence-corrected chi connectivity index (χ1v) is 7.95. The highest BCUT2D eigenvalue weighted by atomic mass is 19.4. The van der Waals surface area contributed by atoms with Gasteiger partial charge in [0.2, 0.25) is 0 Å². The summed E-state index contributed by atoms with van der Waals surface area (Å²) in [6.45, 7) is 1.14. The molecule has 1 atom stereocenters. The first-order valence-electron chi connectivity index (χ1n) is 7.95. The Hall–Kier alpha value is -2.42. The van der Waals surface area contributed by atoms with E-state index in [0.717, 1.165) is 23.6 Å². The van der Waals surface area contributed by atoms with Gasteiger partial charge in [-0.25, -0.2) is 4.68 Å². The van der Waals surface area contributed by atoms with E-state index in [2.05, 4.69) is 15.6 Å². The van der Waals surface area contributed by atoms with Gasteiger partial charge in [-0.15, -0.1) is 5.10 Å². The molecule has 1 aliphatic rings. The largest absolute Gasteiger partial charge is 0.418 e. The highest BCUT2D eigenvalue weighted by Gasteiger charge is 2.34. The first kappa shape index (κ1) is 17.4. The number of aromatic nitrogens is 3. The molecule has 9 heteroatoms. The van der Waals surface area contributed by atoms with Gasteiger partial charge in [-0.2, -0.15) is 13.2 Å². The van der Waals surface area contributed by atoms with Crippen LogP contribution in [0.3, 0.4) is 0 Å². The molecule has 1 N–H and O–H groups in total. The molecule has 0 aliphatic carbocycles. The summed E-state index contributed by atoms with van der Waals surface area (Å²) >= 11 is 0. The van der Waals surface area contributed by atoms with Crippen LogP contribution in [0, 0.1) is 0 Å². The minimum atomic E-state index is -4.51. The summed E-state index contributed by atoms with van der Waals surface area (Å²) in [5.41, 5.74) is -0.950. The molecule has 1 aromatic carbocycles. The zero-order valence-corrected chi connectivity index (χ0v) is 13.6. The second-order valence-corrected chi connectivity index (χ2v) is 5.94. The van der Waals surface area contributed by atoms with Gasteiger partial charge in [0, 0.05) is 19.1 Å². The van der Waals surface area contributed by atoms with E-state index < -0.39 is 11.7 Å². The van der Waals surface area contributed by atoms with Crippen LogP contribution in [0.4, 0.5) is 13.2 Å². The molecule has 1 saturated heterocycles. The Morgan fingerprint density at radius 2 is 2.08 bits per heavy atom. The number of likely N-dealkylation sites (tertiary alicyclic amines) is 1. The number of para-hydroxylation sites is 1. The van der Waals surface area contributed by atoms with Crippen molar-refractivity contribution in [3.63, 3.8) is 0 Å². The predicted octanol–water partition coefficient (Wildman–Crippen LogP) is 2.11. The molecule has 3 rings (SSSR count). The Morgan fingerprint density at radius 1 is 1.32 bits per heavy atom. The average molecular weight is 353 g/mol. The van der Waals surface area contributed by atoms with Gasteiger partial charge in [0.05, 0.1) is 17.4 Å². The molecule has 0 bridgehead atoms. The maximum Gasteiger partial charge on any atom is 0.418 e. The maximum atomic E-state index is 13.1. The van der Waals surface area contributed by atoms with E-state index in [1.807, 2.05) is 7.05 Å². The minimum Gasteiger partial charge on any atom is -0.336 e. The number of rotatable bonds is 3. The smallest absolute Gasteiger partial charge is 0.336 e. The van der Waals surface area contributed by atoms with Gasteiger partial charge < -0.3 is 10.2 Å². The highest BCUT2D eigenvalue weighted by molar-refractivity contribution is 5.92. The van der Waals surface area contributed by atoms with E-state index in [1.54, 1.807) is 4.90 Å². The third kappa shape index (κ3) is 3.65. The van der Waals surface area contributed by atoms with E-state index in [1.165, 1.54) is 24.4 Å². The van der Waals surface area contributed by atoms with Crippen LogP contribution in [0.15, 0.2) is 30.5 Å². The fraction of sp³-hybridized carbons (Fsp3) is 0.438. The van der Waals surface area contributed by atoms with Crippen LogP contribution in [0.5, 0.6) is 0 Å². The number of nitrogens with one attached hydrogen (secondary N) is 1. The summed E-state index contributed by atoms with van der Waals surface area (Å²) in [6, 6.07) is 5.26. The lowest BCUT2D eigenvalue weighted by molar-refractivity contribution is -0.137. The van der Waals surface area contributed by atoms with Crippen molar-refractivity contribution >= 4 is 5.91 Å². The number of benzene rings is 1. The molecule has 0 spiro atoms.